The fraction of sp³-hybridized carbons (Fsp3) is 0.444. The third-order valence-corrected chi connectivity index (χ3v) is 2.21. The third kappa shape index (κ3) is 1.58. The van der Waals surface area contributed by atoms with Crippen molar-refractivity contribution in [1.82, 2.24) is 9.13 Å². The first-order valence-corrected chi connectivity index (χ1v) is 4.35. The molecular weight excluding hydrogens is 196 g/mol. The number of anilines is 1. The summed E-state index contributed by atoms with van der Waals surface area (Å²) in [6.07, 6.45) is 0. The molecule has 0 fully saturated rings. The molecule has 0 spiro atoms. The third-order valence-electron chi connectivity index (χ3n) is 2.21. The second kappa shape index (κ2) is 3.72. The Labute approximate surface area is 87.1 Å². The van der Waals surface area contributed by atoms with Crippen molar-refractivity contribution in [2.24, 2.45) is 19.1 Å². The van der Waals surface area contributed by atoms with E-state index in [-0.39, 0.29) is 11.4 Å². The van der Waals surface area contributed by atoms with Crippen LogP contribution in [-0.4, -0.2) is 29.9 Å². The maximum Gasteiger partial charge on any atom is 0.332 e. The molecule has 15 heavy (non-hydrogen) atoms. The summed E-state index contributed by atoms with van der Waals surface area (Å²) in [7, 11) is 6.43. The molecule has 1 aromatic heterocycles. The molecule has 6 heteroatoms. The van der Waals surface area contributed by atoms with Crippen LogP contribution in [0, 0.1) is 0 Å². The van der Waals surface area contributed by atoms with Crippen LogP contribution >= 0.6 is 0 Å². The first-order chi connectivity index (χ1) is 6.91. The van der Waals surface area contributed by atoms with Crippen LogP contribution in [0.15, 0.2) is 14.6 Å². The highest BCUT2D eigenvalue weighted by atomic mass is 16.2. The maximum atomic E-state index is 11.8. The molecule has 0 radical (unpaired) electrons. The average Bonchev–Trinajstić information content (AvgIpc) is 2.19. The van der Waals surface area contributed by atoms with Gasteiger partial charge in [-0.25, -0.2) is 9.79 Å². The van der Waals surface area contributed by atoms with E-state index < -0.39 is 5.69 Å². The number of nitrogens with zero attached hydrogens (tertiary/aromatic N) is 4. The number of aliphatic imine (C=N–C) groups is 1. The van der Waals surface area contributed by atoms with Gasteiger partial charge in [0.05, 0.1) is 0 Å². The van der Waals surface area contributed by atoms with Crippen LogP contribution in [0.1, 0.15) is 0 Å². The summed E-state index contributed by atoms with van der Waals surface area (Å²) in [5, 5.41) is 0. The van der Waals surface area contributed by atoms with E-state index in [1.807, 2.05) is 0 Å². The molecule has 0 saturated carbocycles. The lowest BCUT2D eigenvalue weighted by molar-refractivity contribution is 0.687. The van der Waals surface area contributed by atoms with E-state index in [1.54, 1.807) is 26.0 Å². The van der Waals surface area contributed by atoms with E-state index in [2.05, 4.69) is 11.7 Å². The predicted octanol–water partition coefficient (Wildman–Crippen LogP) is -0.518. The van der Waals surface area contributed by atoms with Gasteiger partial charge in [-0.05, 0) is 6.72 Å². The first-order valence-electron chi connectivity index (χ1n) is 4.35. The molecular formula is C9H14N4O2. The zero-order chi connectivity index (χ0) is 11.7. The topological polar surface area (TPSA) is 59.6 Å². The van der Waals surface area contributed by atoms with Crippen molar-refractivity contribution < 1.29 is 0 Å². The molecule has 1 rings (SSSR count). The fourth-order valence-electron chi connectivity index (χ4n) is 1.39. The van der Waals surface area contributed by atoms with Gasteiger partial charge in [-0.2, -0.15) is 0 Å². The van der Waals surface area contributed by atoms with Gasteiger partial charge in [0, 0.05) is 28.2 Å². The summed E-state index contributed by atoms with van der Waals surface area (Å²) in [5.41, 5.74) is -0.423. The van der Waals surface area contributed by atoms with Crippen molar-refractivity contribution in [3.05, 3.63) is 20.8 Å². The Kier molecular flexibility index (Phi) is 2.78. The minimum Gasteiger partial charge on any atom is -0.370 e. The van der Waals surface area contributed by atoms with E-state index in [1.165, 1.54) is 11.6 Å². The molecule has 0 saturated heterocycles. The van der Waals surface area contributed by atoms with Gasteiger partial charge in [-0.15, -0.1) is 0 Å². The zero-order valence-corrected chi connectivity index (χ0v) is 9.31. The Bertz CT molecular complexity index is 510. The smallest absolute Gasteiger partial charge is 0.332 e. The summed E-state index contributed by atoms with van der Waals surface area (Å²) in [5.74, 6) is 0.285. The van der Waals surface area contributed by atoms with Crippen molar-refractivity contribution in [2.45, 2.75) is 0 Å². The highest BCUT2D eigenvalue weighted by molar-refractivity contribution is 5.63. The van der Waals surface area contributed by atoms with Gasteiger partial charge in [0.2, 0.25) is 0 Å². The molecule has 0 bridgehead atoms. The number of rotatable bonds is 2. The second-order valence-corrected chi connectivity index (χ2v) is 3.43. The Morgan fingerprint density at radius 2 is 1.73 bits per heavy atom. The summed E-state index contributed by atoms with van der Waals surface area (Å²) < 4.78 is 2.34. The molecule has 0 aromatic carbocycles. The van der Waals surface area contributed by atoms with Crippen LogP contribution in [0.2, 0.25) is 0 Å². The van der Waals surface area contributed by atoms with Crippen LogP contribution in [-0.2, 0) is 14.1 Å². The van der Waals surface area contributed by atoms with Crippen molar-refractivity contribution in [3.8, 4) is 0 Å². The quantitative estimate of drug-likeness (QED) is 0.617. The normalized spacial score (nSPS) is 10.1. The summed E-state index contributed by atoms with van der Waals surface area (Å²) >= 11 is 0. The van der Waals surface area contributed by atoms with Crippen molar-refractivity contribution in [3.63, 3.8) is 0 Å². The van der Waals surface area contributed by atoms with Crippen LogP contribution in [0.3, 0.4) is 0 Å². The minimum absolute atomic E-state index is 0.285. The first kappa shape index (κ1) is 11.2. The molecule has 0 aliphatic carbocycles. The molecule has 1 aromatic rings. The molecule has 0 amide bonds. The van der Waals surface area contributed by atoms with Crippen LogP contribution in [0.4, 0.5) is 11.5 Å². The van der Waals surface area contributed by atoms with Gasteiger partial charge in [-0.1, -0.05) is 0 Å². The second-order valence-electron chi connectivity index (χ2n) is 3.43. The molecule has 1 heterocycles. The lowest BCUT2D eigenvalue weighted by atomic mass is 10.4. The summed E-state index contributed by atoms with van der Waals surface area (Å²) in [4.78, 5) is 28.7. The van der Waals surface area contributed by atoms with E-state index in [0.717, 1.165) is 4.57 Å². The maximum absolute atomic E-state index is 11.8. The average molecular weight is 210 g/mol. The number of hydrogen-bond acceptors (Lipinski definition) is 4. The van der Waals surface area contributed by atoms with Crippen LogP contribution in [0.5, 0.6) is 0 Å². The summed E-state index contributed by atoms with van der Waals surface area (Å²) in [6.45, 7) is 3.36. The SMILES string of the molecule is C=Nc1c(N(C)C)c(=O)n(C)c(=O)n1C. The lowest BCUT2D eigenvalue weighted by Crippen LogP contribution is -2.39. The summed E-state index contributed by atoms with van der Waals surface area (Å²) in [6, 6.07) is 0. The van der Waals surface area contributed by atoms with Crippen LogP contribution < -0.4 is 16.1 Å². The van der Waals surface area contributed by atoms with E-state index in [9.17, 15) is 9.59 Å². The minimum atomic E-state index is -0.409. The Morgan fingerprint density at radius 3 is 2.13 bits per heavy atom. The van der Waals surface area contributed by atoms with Crippen molar-refractivity contribution >= 4 is 18.2 Å². The Balaban J connectivity index is 3.87. The highest BCUT2D eigenvalue weighted by Crippen LogP contribution is 2.19. The molecule has 0 aliphatic rings. The van der Waals surface area contributed by atoms with Gasteiger partial charge in [0.25, 0.3) is 5.56 Å². The van der Waals surface area contributed by atoms with Gasteiger partial charge in [0.1, 0.15) is 5.69 Å². The standard InChI is InChI=1S/C9H14N4O2/c1-10-7-6(11(2)3)8(14)13(5)9(15)12(7)4/h1H2,2-5H3. The predicted molar refractivity (Wildman–Crippen MR) is 60.5 cm³/mol. The van der Waals surface area contributed by atoms with Gasteiger partial charge >= 0.3 is 5.69 Å². The largest absolute Gasteiger partial charge is 0.370 e. The van der Waals surface area contributed by atoms with Crippen LogP contribution in [0.25, 0.3) is 0 Å². The van der Waals surface area contributed by atoms with Crippen molar-refractivity contribution in [1.29, 1.82) is 0 Å². The Hall–Kier alpha value is -1.85. The molecule has 0 unspecified atom stereocenters. The number of aromatic nitrogens is 2. The van der Waals surface area contributed by atoms with Gasteiger partial charge in [-0.3, -0.25) is 13.9 Å². The van der Waals surface area contributed by atoms with Gasteiger partial charge < -0.3 is 4.90 Å². The molecule has 82 valence electrons. The number of hydrogen-bond donors (Lipinski definition) is 0. The Morgan fingerprint density at radius 1 is 1.20 bits per heavy atom. The molecule has 0 N–H and O–H groups in total. The molecule has 0 aliphatic heterocycles. The van der Waals surface area contributed by atoms with E-state index in [0.29, 0.717) is 5.69 Å². The highest BCUT2D eigenvalue weighted by Gasteiger charge is 2.15. The van der Waals surface area contributed by atoms with E-state index in [4.69, 9.17) is 0 Å². The lowest BCUT2D eigenvalue weighted by Gasteiger charge is -2.17. The van der Waals surface area contributed by atoms with Crippen molar-refractivity contribution in [2.75, 3.05) is 19.0 Å². The molecule has 0 atom stereocenters. The zero-order valence-electron chi connectivity index (χ0n) is 9.31. The van der Waals surface area contributed by atoms with E-state index >= 15 is 0 Å². The molecule has 6 nitrogen and oxygen atoms in total. The monoisotopic (exact) mass is 210 g/mol. The fourth-order valence-corrected chi connectivity index (χ4v) is 1.39. The van der Waals surface area contributed by atoms with Gasteiger partial charge in [0.15, 0.2) is 5.82 Å².